The zero-order chi connectivity index (χ0) is 27.6. The fourth-order valence-electron chi connectivity index (χ4n) is 6.14. The van der Waals surface area contributed by atoms with E-state index in [0.717, 1.165) is 83.2 Å². The molecule has 3 aromatic heterocycles. The average Bonchev–Trinajstić information content (AvgIpc) is 3.71. The van der Waals surface area contributed by atoms with Crippen LogP contribution in [0.2, 0.25) is 0 Å². The Bertz CT molecular complexity index is 2430. The van der Waals surface area contributed by atoms with E-state index in [9.17, 15) is 0 Å². The minimum Gasteiger partial charge on any atom is -0.456 e. The number of benzene rings is 6. The van der Waals surface area contributed by atoms with Crippen LogP contribution in [0.15, 0.2) is 153 Å². The highest BCUT2D eigenvalue weighted by Gasteiger charge is 2.21. The molecule has 42 heavy (non-hydrogen) atoms. The Labute approximate surface area is 240 Å². The first-order valence-corrected chi connectivity index (χ1v) is 14.0. The number of hydrogen-bond donors (Lipinski definition) is 0. The van der Waals surface area contributed by atoms with Gasteiger partial charge in [-0.1, -0.05) is 78.9 Å². The van der Waals surface area contributed by atoms with Gasteiger partial charge in [0.05, 0.1) is 16.5 Å². The van der Waals surface area contributed by atoms with E-state index in [1.165, 1.54) is 0 Å². The lowest BCUT2D eigenvalue weighted by molar-refractivity contribution is 0.653. The number of rotatable bonds is 4. The largest absolute Gasteiger partial charge is 0.456 e. The minimum absolute atomic E-state index is 0.778. The lowest BCUT2D eigenvalue weighted by atomic mass is 10.0. The molecule has 0 bridgehead atoms. The second kappa shape index (κ2) is 8.88. The summed E-state index contributed by atoms with van der Waals surface area (Å²) in [4.78, 5) is 2.30. The summed E-state index contributed by atoms with van der Waals surface area (Å²) >= 11 is 0. The fourth-order valence-corrected chi connectivity index (χ4v) is 6.14. The number of para-hydroxylation sites is 3. The van der Waals surface area contributed by atoms with Gasteiger partial charge in [0.15, 0.2) is 11.2 Å². The lowest BCUT2D eigenvalue weighted by Gasteiger charge is -2.28. The monoisotopic (exact) mass is 541 g/mol. The third-order valence-corrected chi connectivity index (χ3v) is 8.08. The van der Waals surface area contributed by atoms with Crippen LogP contribution < -0.4 is 4.90 Å². The quantitative estimate of drug-likeness (QED) is 0.222. The Morgan fingerprint density at radius 2 is 0.976 bits per heavy atom. The van der Waals surface area contributed by atoms with Gasteiger partial charge in [0, 0.05) is 33.8 Å². The van der Waals surface area contributed by atoms with E-state index in [0.29, 0.717) is 0 Å². The van der Waals surface area contributed by atoms with Crippen LogP contribution in [0.5, 0.6) is 0 Å². The first-order chi connectivity index (χ1) is 20.8. The number of furan rings is 3. The molecule has 0 amide bonds. The molecule has 0 radical (unpaired) electrons. The van der Waals surface area contributed by atoms with E-state index >= 15 is 0 Å². The van der Waals surface area contributed by atoms with E-state index in [-0.39, 0.29) is 0 Å². The maximum atomic E-state index is 6.46. The Morgan fingerprint density at radius 3 is 1.83 bits per heavy atom. The minimum atomic E-state index is 0.778. The van der Waals surface area contributed by atoms with E-state index < -0.39 is 0 Å². The highest BCUT2D eigenvalue weighted by molar-refractivity contribution is 6.13. The first kappa shape index (κ1) is 23.0. The van der Waals surface area contributed by atoms with Crippen LogP contribution in [0.25, 0.3) is 66.2 Å². The molecule has 4 nitrogen and oxygen atoms in total. The summed E-state index contributed by atoms with van der Waals surface area (Å²) in [5.74, 6) is 0. The van der Waals surface area contributed by atoms with Crippen molar-refractivity contribution in [2.45, 2.75) is 0 Å². The van der Waals surface area contributed by atoms with E-state index in [1.54, 1.807) is 0 Å². The van der Waals surface area contributed by atoms with Crippen LogP contribution >= 0.6 is 0 Å². The zero-order valence-corrected chi connectivity index (χ0v) is 22.5. The summed E-state index contributed by atoms with van der Waals surface area (Å²) in [5, 5.41) is 4.11. The second-order valence-corrected chi connectivity index (χ2v) is 10.5. The van der Waals surface area contributed by atoms with Gasteiger partial charge in [0.1, 0.15) is 22.3 Å². The van der Waals surface area contributed by atoms with Gasteiger partial charge in [0.2, 0.25) is 0 Å². The SMILES string of the molecule is c1ccc(-c2ccccc2N(c2ccc3c(c2)oc2c4ccccc4oc32)c2ccc3oc4ccccc4c3c2)cc1. The molecule has 0 unspecified atom stereocenters. The Balaban J connectivity index is 1.30. The van der Waals surface area contributed by atoms with Crippen molar-refractivity contribution in [2.75, 3.05) is 4.90 Å². The Morgan fingerprint density at radius 1 is 0.381 bits per heavy atom. The zero-order valence-electron chi connectivity index (χ0n) is 22.5. The molecule has 0 N–H and O–H groups in total. The summed E-state index contributed by atoms with van der Waals surface area (Å²) in [6, 6.07) is 48.0. The van der Waals surface area contributed by atoms with Crippen LogP contribution in [0.1, 0.15) is 0 Å². The molecule has 0 saturated carbocycles. The van der Waals surface area contributed by atoms with Crippen molar-refractivity contribution in [1.82, 2.24) is 0 Å². The molecule has 0 aliphatic rings. The van der Waals surface area contributed by atoms with E-state index in [1.807, 2.05) is 42.5 Å². The molecule has 0 saturated heterocycles. The van der Waals surface area contributed by atoms with Crippen molar-refractivity contribution in [1.29, 1.82) is 0 Å². The van der Waals surface area contributed by atoms with Gasteiger partial charge in [-0.25, -0.2) is 0 Å². The summed E-state index contributed by atoms with van der Waals surface area (Å²) in [7, 11) is 0. The van der Waals surface area contributed by atoms with Crippen molar-refractivity contribution in [3.8, 4) is 11.1 Å². The highest BCUT2D eigenvalue weighted by atomic mass is 16.4. The van der Waals surface area contributed by atoms with E-state index in [4.69, 9.17) is 13.3 Å². The number of nitrogens with zero attached hydrogens (tertiary/aromatic N) is 1. The van der Waals surface area contributed by atoms with E-state index in [2.05, 4.69) is 102 Å². The molecule has 0 spiro atoms. The summed E-state index contributed by atoms with van der Waals surface area (Å²) in [6.45, 7) is 0. The standard InChI is InChI=1S/C38H23NO3/c1-2-10-24(11-3-1)27-12-4-7-15-32(27)39(25-19-21-35-31(22-25)28-13-5-8-16-33(28)40-35)26-18-20-30-36(23-26)42-37-29-14-6-9-17-34(29)41-38(30)37/h1-23H. The van der Waals surface area contributed by atoms with Crippen molar-refractivity contribution in [2.24, 2.45) is 0 Å². The lowest BCUT2D eigenvalue weighted by Crippen LogP contribution is -2.11. The van der Waals surface area contributed by atoms with Crippen molar-refractivity contribution < 1.29 is 13.3 Å². The predicted molar refractivity (Wildman–Crippen MR) is 171 cm³/mol. The van der Waals surface area contributed by atoms with Gasteiger partial charge < -0.3 is 18.2 Å². The summed E-state index contributed by atoms with van der Waals surface area (Å²) in [5.41, 5.74) is 10.3. The van der Waals surface area contributed by atoms with Crippen molar-refractivity contribution in [3.63, 3.8) is 0 Å². The molecule has 0 fully saturated rings. The maximum absolute atomic E-state index is 6.46. The summed E-state index contributed by atoms with van der Waals surface area (Å²) < 4.78 is 18.8. The summed E-state index contributed by atoms with van der Waals surface area (Å²) in [6.07, 6.45) is 0. The normalized spacial score (nSPS) is 11.8. The molecule has 198 valence electrons. The Hall–Kier alpha value is -5.74. The molecule has 0 aliphatic carbocycles. The van der Waals surface area contributed by atoms with Gasteiger partial charge in [-0.05, 0) is 60.2 Å². The third kappa shape index (κ3) is 3.42. The molecular formula is C38H23NO3. The van der Waals surface area contributed by atoms with Crippen LogP contribution in [0, 0.1) is 0 Å². The second-order valence-electron chi connectivity index (χ2n) is 10.5. The van der Waals surface area contributed by atoms with Gasteiger partial charge in [-0.2, -0.15) is 0 Å². The number of fused-ring (bicyclic) bond motifs is 8. The van der Waals surface area contributed by atoms with Crippen LogP contribution in [0.4, 0.5) is 17.1 Å². The highest BCUT2D eigenvalue weighted by Crippen LogP contribution is 2.45. The maximum Gasteiger partial charge on any atom is 0.181 e. The smallest absolute Gasteiger partial charge is 0.181 e. The average molecular weight is 542 g/mol. The van der Waals surface area contributed by atoms with Gasteiger partial charge in [-0.3, -0.25) is 0 Å². The molecule has 3 heterocycles. The molecular weight excluding hydrogens is 518 g/mol. The molecule has 6 aromatic carbocycles. The predicted octanol–water partition coefficient (Wildman–Crippen LogP) is 11.4. The van der Waals surface area contributed by atoms with Gasteiger partial charge in [0.25, 0.3) is 0 Å². The molecule has 4 heteroatoms. The molecule has 9 rings (SSSR count). The molecule has 0 atom stereocenters. The fraction of sp³-hybridized carbons (Fsp3) is 0. The molecule has 0 aliphatic heterocycles. The van der Waals surface area contributed by atoms with Crippen LogP contribution in [-0.2, 0) is 0 Å². The molecule has 9 aromatic rings. The first-order valence-electron chi connectivity index (χ1n) is 14.0. The van der Waals surface area contributed by atoms with Crippen molar-refractivity contribution >= 4 is 72.1 Å². The van der Waals surface area contributed by atoms with Gasteiger partial charge in [-0.15, -0.1) is 0 Å². The number of anilines is 3. The van der Waals surface area contributed by atoms with Gasteiger partial charge >= 0.3 is 0 Å². The van der Waals surface area contributed by atoms with Crippen LogP contribution in [0.3, 0.4) is 0 Å². The number of hydrogen-bond acceptors (Lipinski definition) is 4. The van der Waals surface area contributed by atoms with Crippen LogP contribution in [-0.4, -0.2) is 0 Å². The Kier molecular flexibility index (Phi) is 4.87. The topological polar surface area (TPSA) is 42.7 Å². The van der Waals surface area contributed by atoms with Crippen molar-refractivity contribution in [3.05, 3.63) is 140 Å². The third-order valence-electron chi connectivity index (χ3n) is 8.08.